The molecule has 1 aliphatic rings. The number of nitrogens with one attached hydrogen (secondary N) is 1. The Bertz CT molecular complexity index is 410. The summed E-state index contributed by atoms with van der Waals surface area (Å²) in [6, 6.07) is 9.38. The van der Waals surface area contributed by atoms with E-state index < -0.39 is 0 Å². The predicted octanol–water partition coefficient (Wildman–Crippen LogP) is 5.09. The Morgan fingerprint density at radius 2 is 1.81 bits per heavy atom. The molecule has 0 aliphatic heterocycles. The van der Waals surface area contributed by atoms with E-state index in [-0.39, 0.29) is 0 Å². The Hall–Kier alpha value is -1.02. The summed E-state index contributed by atoms with van der Waals surface area (Å²) in [4.78, 5) is 0. The van der Waals surface area contributed by atoms with Gasteiger partial charge in [0.05, 0.1) is 7.11 Å². The second-order valence-corrected chi connectivity index (χ2v) is 6.41. The largest absolute Gasteiger partial charge is 0.496 e. The van der Waals surface area contributed by atoms with Gasteiger partial charge in [0.1, 0.15) is 5.75 Å². The zero-order valence-electron chi connectivity index (χ0n) is 13.9. The van der Waals surface area contributed by atoms with E-state index in [0.29, 0.717) is 12.1 Å². The van der Waals surface area contributed by atoms with E-state index in [1.807, 2.05) is 6.07 Å². The molecule has 1 unspecified atom stereocenters. The van der Waals surface area contributed by atoms with Crippen molar-refractivity contribution in [1.29, 1.82) is 0 Å². The Kier molecular flexibility index (Phi) is 6.56. The van der Waals surface area contributed by atoms with Crippen LogP contribution >= 0.6 is 0 Å². The molecule has 1 aromatic carbocycles. The molecule has 0 aromatic heterocycles. The number of hydrogen-bond donors (Lipinski definition) is 1. The number of hydrogen-bond acceptors (Lipinski definition) is 2. The van der Waals surface area contributed by atoms with Crippen molar-refractivity contribution in [2.75, 3.05) is 7.11 Å². The van der Waals surface area contributed by atoms with Crippen molar-refractivity contribution in [3.8, 4) is 5.75 Å². The molecule has 2 nitrogen and oxygen atoms in total. The summed E-state index contributed by atoms with van der Waals surface area (Å²) in [5.41, 5.74) is 1.29. The van der Waals surface area contributed by atoms with Crippen LogP contribution in [0.2, 0.25) is 0 Å². The SMILES string of the molecule is CCC(N[C@H](C)C1CCCCCC1)c1ccccc1OC. The average Bonchev–Trinajstić information content (AvgIpc) is 2.81. The van der Waals surface area contributed by atoms with Crippen LogP contribution in [-0.4, -0.2) is 13.2 Å². The molecular weight excluding hydrogens is 258 g/mol. The average molecular weight is 289 g/mol. The van der Waals surface area contributed by atoms with Gasteiger partial charge in [0.15, 0.2) is 0 Å². The maximum Gasteiger partial charge on any atom is 0.123 e. The van der Waals surface area contributed by atoms with Crippen LogP contribution in [0.4, 0.5) is 0 Å². The Labute approximate surface area is 130 Å². The molecule has 1 N–H and O–H groups in total. The molecule has 1 fully saturated rings. The lowest BCUT2D eigenvalue weighted by Gasteiger charge is -2.29. The molecule has 2 atom stereocenters. The van der Waals surface area contributed by atoms with Crippen LogP contribution in [0.5, 0.6) is 5.75 Å². The summed E-state index contributed by atoms with van der Waals surface area (Å²) in [6.07, 6.45) is 9.52. The topological polar surface area (TPSA) is 21.3 Å². The van der Waals surface area contributed by atoms with Crippen LogP contribution in [0.15, 0.2) is 24.3 Å². The fourth-order valence-corrected chi connectivity index (χ4v) is 3.65. The van der Waals surface area contributed by atoms with Gasteiger partial charge in [-0.2, -0.15) is 0 Å². The van der Waals surface area contributed by atoms with E-state index >= 15 is 0 Å². The summed E-state index contributed by atoms with van der Waals surface area (Å²) < 4.78 is 5.54. The van der Waals surface area contributed by atoms with Crippen molar-refractivity contribution in [3.05, 3.63) is 29.8 Å². The summed E-state index contributed by atoms with van der Waals surface area (Å²) in [7, 11) is 1.76. The summed E-state index contributed by atoms with van der Waals surface area (Å²) in [5, 5.41) is 3.88. The predicted molar refractivity (Wildman–Crippen MR) is 89.8 cm³/mol. The van der Waals surface area contributed by atoms with Crippen LogP contribution in [0.25, 0.3) is 0 Å². The molecule has 0 bridgehead atoms. The van der Waals surface area contributed by atoms with Crippen molar-refractivity contribution >= 4 is 0 Å². The zero-order valence-corrected chi connectivity index (χ0v) is 13.9. The van der Waals surface area contributed by atoms with Crippen LogP contribution < -0.4 is 10.1 Å². The highest BCUT2D eigenvalue weighted by Gasteiger charge is 2.22. The minimum atomic E-state index is 0.388. The van der Waals surface area contributed by atoms with Crippen LogP contribution in [0, 0.1) is 5.92 Å². The van der Waals surface area contributed by atoms with Crippen molar-refractivity contribution in [2.24, 2.45) is 5.92 Å². The fourth-order valence-electron chi connectivity index (χ4n) is 3.65. The van der Waals surface area contributed by atoms with E-state index in [2.05, 4.69) is 37.4 Å². The minimum absolute atomic E-state index is 0.388. The Balaban J connectivity index is 2.03. The van der Waals surface area contributed by atoms with Gasteiger partial charge in [0.2, 0.25) is 0 Å². The first-order valence-electron chi connectivity index (χ1n) is 8.65. The maximum absolute atomic E-state index is 5.54. The summed E-state index contributed by atoms with van der Waals surface area (Å²) in [6.45, 7) is 4.62. The van der Waals surface area contributed by atoms with E-state index in [1.54, 1.807) is 7.11 Å². The van der Waals surface area contributed by atoms with Gasteiger partial charge >= 0.3 is 0 Å². The third-order valence-electron chi connectivity index (χ3n) is 4.99. The van der Waals surface area contributed by atoms with Crippen molar-refractivity contribution in [3.63, 3.8) is 0 Å². The zero-order chi connectivity index (χ0) is 15.1. The molecular formula is C19H31NO. The normalized spacial score (nSPS) is 19.8. The Morgan fingerprint density at radius 1 is 1.14 bits per heavy atom. The van der Waals surface area contributed by atoms with Crippen molar-refractivity contribution < 1.29 is 4.74 Å². The van der Waals surface area contributed by atoms with Gasteiger partial charge in [-0.1, -0.05) is 50.8 Å². The van der Waals surface area contributed by atoms with Gasteiger partial charge in [-0.05, 0) is 38.2 Å². The summed E-state index contributed by atoms with van der Waals surface area (Å²) in [5.74, 6) is 1.83. The lowest BCUT2D eigenvalue weighted by atomic mass is 9.91. The molecule has 0 amide bonds. The molecule has 1 aromatic rings. The van der Waals surface area contributed by atoms with Crippen molar-refractivity contribution in [2.45, 2.75) is 70.9 Å². The molecule has 21 heavy (non-hydrogen) atoms. The molecule has 0 radical (unpaired) electrons. The standard InChI is InChI=1S/C19H31NO/c1-4-18(17-13-9-10-14-19(17)21-3)20-15(2)16-11-7-5-6-8-12-16/h9-10,13-16,18,20H,4-8,11-12H2,1-3H3/t15-,18?/m1/s1. The second-order valence-electron chi connectivity index (χ2n) is 6.41. The highest BCUT2D eigenvalue weighted by molar-refractivity contribution is 5.35. The van der Waals surface area contributed by atoms with Gasteiger partial charge < -0.3 is 10.1 Å². The minimum Gasteiger partial charge on any atom is -0.496 e. The third-order valence-corrected chi connectivity index (χ3v) is 4.99. The van der Waals surface area contributed by atoms with Crippen LogP contribution in [0.3, 0.4) is 0 Å². The Morgan fingerprint density at radius 3 is 2.43 bits per heavy atom. The maximum atomic E-state index is 5.54. The van der Waals surface area contributed by atoms with E-state index in [4.69, 9.17) is 4.74 Å². The first-order chi connectivity index (χ1) is 10.3. The fraction of sp³-hybridized carbons (Fsp3) is 0.684. The molecule has 0 saturated heterocycles. The van der Waals surface area contributed by atoms with E-state index in [1.165, 1.54) is 44.1 Å². The van der Waals surface area contributed by atoms with Crippen molar-refractivity contribution in [1.82, 2.24) is 5.32 Å². The smallest absolute Gasteiger partial charge is 0.123 e. The quantitative estimate of drug-likeness (QED) is 0.736. The summed E-state index contributed by atoms with van der Waals surface area (Å²) >= 11 is 0. The first kappa shape index (κ1) is 16.4. The lowest BCUT2D eigenvalue weighted by Crippen LogP contribution is -2.36. The number of methoxy groups -OCH3 is 1. The highest BCUT2D eigenvalue weighted by atomic mass is 16.5. The molecule has 0 spiro atoms. The molecule has 0 heterocycles. The van der Waals surface area contributed by atoms with Gasteiger partial charge in [-0.15, -0.1) is 0 Å². The highest BCUT2D eigenvalue weighted by Crippen LogP contribution is 2.30. The molecule has 1 aliphatic carbocycles. The van der Waals surface area contributed by atoms with Crippen LogP contribution in [0.1, 0.15) is 70.4 Å². The number of rotatable bonds is 6. The number of benzene rings is 1. The van der Waals surface area contributed by atoms with E-state index in [0.717, 1.165) is 18.1 Å². The van der Waals surface area contributed by atoms with Gasteiger partial charge in [0, 0.05) is 17.6 Å². The number of para-hydroxylation sites is 1. The molecule has 118 valence electrons. The molecule has 1 saturated carbocycles. The van der Waals surface area contributed by atoms with Gasteiger partial charge in [-0.25, -0.2) is 0 Å². The monoisotopic (exact) mass is 289 g/mol. The molecule has 2 heteroatoms. The third kappa shape index (κ3) is 4.47. The number of ether oxygens (including phenoxy) is 1. The van der Waals surface area contributed by atoms with Crippen LogP contribution in [-0.2, 0) is 0 Å². The van der Waals surface area contributed by atoms with Gasteiger partial charge in [0.25, 0.3) is 0 Å². The first-order valence-corrected chi connectivity index (χ1v) is 8.65. The van der Waals surface area contributed by atoms with E-state index in [9.17, 15) is 0 Å². The van der Waals surface area contributed by atoms with Gasteiger partial charge in [-0.3, -0.25) is 0 Å². The lowest BCUT2D eigenvalue weighted by molar-refractivity contribution is 0.302. The molecule has 2 rings (SSSR count). The second kappa shape index (κ2) is 8.43.